The van der Waals surface area contributed by atoms with E-state index in [9.17, 15) is 13.6 Å². The average Bonchev–Trinajstić information content (AvgIpc) is 3.04. The van der Waals surface area contributed by atoms with E-state index in [0.717, 1.165) is 12.1 Å². The van der Waals surface area contributed by atoms with Crippen LogP contribution in [0.1, 0.15) is 6.42 Å². The SMILES string of the molecule is COCCCNC(=O)Nc1cc(F)c(Oc2ccnc3[nH]cc(Cl)c23)c(F)c1. The Morgan fingerprint density at radius 2 is 2.07 bits per heavy atom. The molecule has 148 valence electrons. The minimum atomic E-state index is -0.980. The van der Waals surface area contributed by atoms with Crippen LogP contribution in [0.25, 0.3) is 11.0 Å². The highest BCUT2D eigenvalue weighted by molar-refractivity contribution is 6.36. The first kappa shape index (κ1) is 19.8. The molecule has 3 N–H and O–H groups in total. The predicted molar refractivity (Wildman–Crippen MR) is 101 cm³/mol. The van der Waals surface area contributed by atoms with Gasteiger partial charge in [0, 0.05) is 50.5 Å². The van der Waals surface area contributed by atoms with Gasteiger partial charge in [-0.3, -0.25) is 0 Å². The summed E-state index contributed by atoms with van der Waals surface area (Å²) in [6.07, 6.45) is 3.53. The molecule has 2 heterocycles. The van der Waals surface area contributed by atoms with E-state index in [0.29, 0.717) is 35.6 Å². The summed E-state index contributed by atoms with van der Waals surface area (Å²) < 4.78 is 39.1. The van der Waals surface area contributed by atoms with E-state index < -0.39 is 23.4 Å². The number of aromatic nitrogens is 2. The number of nitrogens with zero attached hydrogens (tertiary/aromatic N) is 1. The summed E-state index contributed by atoms with van der Waals surface area (Å²) in [6.45, 7) is 0.851. The first-order valence-corrected chi connectivity index (χ1v) is 8.69. The second kappa shape index (κ2) is 8.85. The van der Waals surface area contributed by atoms with Crippen LogP contribution in [0.5, 0.6) is 11.5 Å². The van der Waals surface area contributed by atoms with Gasteiger partial charge in [0.05, 0.1) is 10.4 Å². The number of ether oxygens (including phenoxy) is 2. The van der Waals surface area contributed by atoms with Crippen LogP contribution in [-0.2, 0) is 4.74 Å². The van der Waals surface area contributed by atoms with Crippen molar-refractivity contribution in [2.24, 2.45) is 0 Å². The van der Waals surface area contributed by atoms with Crippen LogP contribution in [0.3, 0.4) is 0 Å². The summed E-state index contributed by atoms with van der Waals surface area (Å²) in [4.78, 5) is 18.7. The first-order valence-electron chi connectivity index (χ1n) is 8.32. The quantitative estimate of drug-likeness (QED) is 0.502. The molecule has 10 heteroatoms. The molecule has 0 saturated heterocycles. The van der Waals surface area contributed by atoms with Gasteiger partial charge in [-0.15, -0.1) is 0 Å². The Morgan fingerprint density at radius 3 is 2.79 bits per heavy atom. The Balaban J connectivity index is 1.75. The summed E-state index contributed by atoms with van der Waals surface area (Å²) in [5.74, 6) is -2.43. The number of benzene rings is 1. The maximum Gasteiger partial charge on any atom is 0.319 e. The third-order valence-corrected chi connectivity index (χ3v) is 4.06. The Kier molecular flexibility index (Phi) is 6.27. The van der Waals surface area contributed by atoms with E-state index >= 15 is 0 Å². The highest BCUT2D eigenvalue weighted by atomic mass is 35.5. The molecule has 0 fully saturated rings. The normalized spacial score (nSPS) is 10.9. The molecule has 0 aliphatic carbocycles. The fourth-order valence-corrected chi connectivity index (χ4v) is 2.74. The van der Waals surface area contributed by atoms with Gasteiger partial charge in [-0.25, -0.2) is 18.6 Å². The zero-order chi connectivity index (χ0) is 20.1. The molecule has 2 amide bonds. The maximum atomic E-state index is 14.4. The molecule has 0 unspecified atom stereocenters. The largest absolute Gasteiger partial charge is 0.450 e. The lowest BCUT2D eigenvalue weighted by atomic mass is 10.2. The molecule has 28 heavy (non-hydrogen) atoms. The lowest BCUT2D eigenvalue weighted by molar-refractivity contribution is 0.194. The molecule has 7 nitrogen and oxygen atoms in total. The van der Waals surface area contributed by atoms with Gasteiger partial charge in [-0.05, 0) is 12.5 Å². The van der Waals surface area contributed by atoms with Crippen molar-refractivity contribution in [1.29, 1.82) is 0 Å². The van der Waals surface area contributed by atoms with Gasteiger partial charge in [0.15, 0.2) is 17.4 Å². The van der Waals surface area contributed by atoms with Crippen molar-refractivity contribution in [2.75, 3.05) is 25.6 Å². The van der Waals surface area contributed by atoms with Crippen LogP contribution in [0.4, 0.5) is 19.3 Å². The predicted octanol–water partition coefficient (Wildman–Crippen LogP) is 4.44. The summed E-state index contributed by atoms with van der Waals surface area (Å²) in [5, 5.41) is 5.63. The number of anilines is 1. The van der Waals surface area contributed by atoms with Crippen LogP contribution in [-0.4, -0.2) is 36.3 Å². The van der Waals surface area contributed by atoms with Crippen molar-refractivity contribution in [3.05, 3.63) is 47.2 Å². The standard InChI is InChI=1S/C18H17ClF2N4O3/c1-27-6-2-4-23-18(26)25-10-7-12(20)16(13(21)8-10)28-14-3-5-22-17-15(14)11(19)9-24-17/h3,5,7-9H,2,4,6H2,1H3,(H,22,24)(H2,23,25,26). The number of rotatable bonds is 7. The van der Waals surface area contributed by atoms with Crippen molar-refractivity contribution in [3.8, 4) is 11.5 Å². The van der Waals surface area contributed by atoms with E-state index in [-0.39, 0.29) is 11.4 Å². The molecule has 0 saturated carbocycles. The number of halogens is 3. The number of amides is 2. The Morgan fingerprint density at radius 1 is 1.32 bits per heavy atom. The number of H-pyrrole nitrogens is 1. The second-order valence-corrected chi connectivity index (χ2v) is 6.17. The Labute approximate surface area is 164 Å². The third-order valence-electron chi connectivity index (χ3n) is 3.77. The molecule has 2 aromatic heterocycles. The summed E-state index contributed by atoms with van der Waals surface area (Å²) in [7, 11) is 1.55. The van der Waals surface area contributed by atoms with E-state index in [1.54, 1.807) is 7.11 Å². The number of carbonyl (C=O) groups excluding carboxylic acids is 1. The van der Waals surface area contributed by atoms with Gasteiger partial charge in [0.25, 0.3) is 0 Å². The highest BCUT2D eigenvalue weighted by Gasteiger charge is 2.17. The number of hydrogen-bond donors (Lipinski definition) is 3. The zero-order valence-electron chi connectivity index (χ0n) is 14.8. The lowest BCUT2D eigenvalue weighted by Crippen LogP contribution is -2.30. The van der Waals surface area contributed by atoms with Crippen LogP contribution in [0.15, 0.2) is 30.6 Å². The van der Waals surface area contributed by atoms with Gasteiger partial charge in [-0.2, -0.15) is 0 Å². The number of pyridine rings is 1. The summed E-state index contributed by atoms with van der Waals surface area (Å²) in [6, 6.07) is 2.79. The van der Waals surface area contributed by atoms with Crippen molar-refractivity contribution in [1.82, 2.24) is 15.3 Å². The number of fused-ring (bicyclic) bond motifs is 1. The molecule has 0 atom stereocenters. The van der Waals surface area contributed by atoms with Crippen molar-refractivity contribution >= 4 is 34.4 Å². The Bertz CT molecular complexity index is 973. The fraction of sp³-hybridized carbons (Fsp3) is 0.222. The van der Waals surface area contributed by atoms with Crippen LogP contribution >= 0.6 is 11.6 Å². The van der Waals surface area contributed by atoms with E-state index in [1.807, 2.05) is 0 Å². The van der Waals surface area contributed by atoms with Gasteiger partial charge < -0.3 is 25.1 Å². The topological polar surface area (TPSA) is 88.3 Å². The minimum absolute atomic E-state index is 0.0499. The number of hydrogen-bond acceptors (Lipinski definition) is 4. The van der Waals surface area contributed by atoms with Crippen LogP contribution < -0.4 is 15.4 Å². The smallest absolute Gasteiger partial charge is 0.319 e. The van der Waals surface area contributed by atoms with Crippen molar-refractivity contribution < 1.29 is 23.0 Å². The van der Waals surface area contributed by atoms with Crippen molar-refractivity contribution in [2.45, 2.75) is 6.42 Å². The number of nitrogens with one attached hydrogen (secondary N) is 3. The molecular weight excluding hydrogens is 394 g/mol. The minimum Gasteiger partial charge on any atom is -0.450 e. The number of methoxy groups -OCH3 is 1. The molecule has 3 rings (SSSR count). The molecular formula is C18H17ClF2N4O3. The van der Waals surface area contributed by atoms with Crippen LogP contribution in [0, 0.1) is 11.6 Å². The van der Waals surface area contributed by atoms with Gasteiger partial charge in [0.2, 0.25) is 0 Å². The van der Waals surface area contributed by atoms with Crippen molar-refractivity contribution in [3.63, 3.8) is 0 Å². The van der Waals surface area contributed by atoms with E-state index in [4.69, 9.17) is 21.1 Å². The lowest BCUT2D eigenvalue weighted by Gasteiger charge is -2.12. The summed E-state index contributed by atoms with van der Waals surface area (Å²) in [5.41, 5.74) is 0.373. The van der Waals surface area contributed by atoms with Gasteiger partial charge in [0.1, 0.15) is 11.4 Å². The maximum absolute atomic E-state index is 14.4. The molecule has 1 aromatic carbocycles. The molecule has 0 spiro atoms. The molecule has 0 aliphatic rings. The number of aromatic amines is 1. The van der Waals surface area contributed by atoms with Crippen LogP contribution in [0.2, 0.25) is 5.02 Å². The fourth-order valence-electron chi connectivity index (χ4n) is 2.51. The van der Waals surface area contributed by atoms with Gasteiger partial charge in [-0.1, -0.05) is 11.6 Å². The molecule has 0 bridgehead atoms. The van der Waals surface area contributed by atoms with E-state index in [2.05, 4.69) is 20.6 Å². The highest BCUT2D eigenvalue weighted by Crippen LogP contribution is 2.36. The third kappa shape index (κ3) is 4.49. The monoisotopic (exact) mass is 410 g/mol. The van der Waals surface area contributed by atoms with E-state index in [1.165, 1.54) is 18.5 Å². The molecule has 3 aromatic rings. The number of urea groups is 1. The zero-order valence-corrected chi connectivity index (χ0v) is 15.6. The number of carbonyl (C=O) groups is 1. The summed E-state index contributed by atoms with van der Waals surface area (Å²) >= 11 is 6.07. The molecule has 0 aliphatic heterocycles. The Hall–Kier alpha value is -2.91. The second-order valence-electron chi connectivity index (χ2n) is 5.77. The average molecular weight is 411 g/mol. The van der Waals surface area contributed by atoms with Gasteiger partial charge >= 0.3 is 6.03 Å². The first-order chi connectivity index (χ1) is 13.5. The molecule has 0 radical (unpaired) electrons.